The standard InChI is InChI=1S/C11H11BrF3N3O2/c12-8-2-1-6(5-7(8)11(13,14)15)9(19)17-3-4-18-10(16)20/h1-2,5H,3-4H2,(H,17,19)(H3,16,18,20). The van der Waals surface area contributed by atoms with Gasteiger partial charge in [0.25, 0.3) is 5.91 Å². The molecule has 0 heterocycles. The van der Waals surface area contributed by atoms with Crippen molar-refractivity contribution in [1.29, 1.82) is 0 Å². The molecule has 0 bridgehead atoms. The monoisotopic (exact) mass is 353 g/mol. The molecule has 0 aliphatic rings. The van der Waals surface area contributed by atoms with E-state index in [1.165, 1.54) is 6.07 Å². The van der Waals surface area contributed by atoms with Crippen LogP contribution < -0.4 is 16.4 Å². The molecule has 1 rings (SSSR count). The Morgan fingerprint density at radius 1 is 1.20 bits per heavy atom. The van der Waals surface area contributed by atoms with E-state index in [1.54, 1.807) is 0 Å². The van der Waals surface area contributed by atoms with Crippen LogP contribution >= 0.6 is 15.9 Å². The van der Waals surface area contributed by atoms with Crippen molar-refractivity contribution in [3.63, 3.8) is 0 Å². The molecule has 0 saturated carbocycles. The molecule has 0 atom stereocenters. The maximum atomic E-state index is 12.7. The SMILES string of the molecule is NC(=O)NCCNC(=O)c1ccc(Br)c(C(F)(F)F)c1. The number of carbonyl (C=O) groups excluding carboxylic acids is 2. The molecule has 5 nitrogen and oxygen atoms in total. The highest BCUT2D eigenvalue weighted by Crippen LogP contribution is 2.35. The Morgan fingerprint density at radius 3 is 2.35 bits per heavy atom. The molecular formula is C11H11BrF3N3O2. The number of hydrogen-bond acceptors (Lipinski definition) is 2. The summed E-state index contributed by atoms with van der Waals surface area (Å²) >= 11 is 2.78. The largest absolute Gasteiger partial charge is 0.417 e. The minimum atomic E-state index is -4.55. The number of amides is 3. The van der Waals surface area contributed by atoms with Gasteiger partial charge in [0, 0.05) is 23.1 Å². The van der Waals surface area contributed by atoms with E-state index < -0.39 is 23.7 Å². The summed E-state index contributed by atoms with van der Waals surface area (Å²) in [6.07, 6.45) is -4.55. The molecule has 3 amide bonds. The van der Waals surface area contributed by atoms with Gasteiger partial charge in [-0.15, -0.1) is 0 Å². The maximum Gasteiger partial charge on any atom is 0.417 e. The second-order valence-electron chi connectivity index (χ2n) is 3.74. The number of alkyl halides is 3. The summed E-state index contributed by atoms with van der Waals surface area (Å²) in [4.78, 5) is 22.0. The highest BCUT2D eigenvalue weighted by atomic mass is 79.9. The smallest absolute Gasteiger partial charge is 0.352 e. The van der Waals surface area contributed by atoms with Crippen LogP contribution in [0.3, 0.4) is 0 Å². The Kier molecular flexibility index (Phi) is 5.37. The second-order valence-corrected chi connectivity index (χ2v) is 4.59. The highest BCUT2D eigenvalue weighted by Gasteiger charge is 2.33. The molecule has 110 valence electrons. The third-order valence-corrected chi connectivity index (χ3v) is 2.94. The predicted octanol–water partition coefficient (Wildman–Crippen LogP) is 1.87. The van der Waals surface area contributed by atoms with Gasteiger partial charge in [0.05, 0.1) is 5.56 Å². The first-order valence-electron chi connectivity index (χ1n) is 5.40. The van der Waals surface area contributed by atoms with Crippen molar-refractivity contribution >= 4 is 27.9 Å². The van der Waals surface area contributed by atoms with E-state index in [9.17, 15) is 22.8 Å². The van der Waals surface area contributed by atoms with E-state index in [0.717, 1.165) is 12.1 Å². The average Bonchev–Trinajstić information content (AvgIpc) is 2.33. The van der Waals surface area contributed by atoms with Crippen molar-refractivity contribution in [3.8, 4) is 0 Å². The maximum absolute atomic E-state index is 12.7. The number of rotatable bonds is 4. The lowest BCUT2D eigenvalue weighted by atomic mass is 10.1. The molecule has 0 aliphatic heterocycles. The van der Waals surface area contributed by atoms with Gasteiger partial charge in [-0.2, -0.15) is 13.2 Å². The van der Waals surface area contributed by atoms with Crippen LogP contribution in [-0.2, 0) is 6.18 Å². The van der Waals surface area contributed by atoms with Gasteiger partial charge in [-0.1, -0.05) is 15.9 Å². The third-order valence-electron chi connectivity index (χ3n) is 2.24. The van der Waals surface area contributed by atoms with E-state index >= 15 is 0 Å². The van der Waals surface area contributed by atoms with Crippen LogP contribution in [0.5, 0.6) is 0 Å². The van der Waals surface area contributed by atoms with E-state index in [0.29, 0.717) is 0 Å². The third kappa shape index (κ3) is 4.72. The van der Waals surface area contributed by atoms with Crippen LogP contribution in [0.25, 0.3) is 0 Å². The van der Waals surface area contributed by atoms with Crippen LogP contribution in [-0.4, -0.2) is 25.0 Å². The van der Waals surface area contributed by atoms with Crippen molar-refractivity contribution in [2.75, 3.05) is 13.1 Å². The zero-order valence-corrected chi connectivity index (χ0v) is 11.6. The van der Waals surface area contributed by atoms with Crippen LogP contribution in [0.1, 0.15) is 15.9 Å². The molecule has 0 radical (unpaired) electrons. The molecule has 0 saturated heterocycles. The topological polar surface area (TPSA) is 84.2 Å². The summed E-state index contributed by atoms with van der Waals surface area (Å²) in [5, 5.41) is 4.59. The molecule has 0 unspecified atom stereocenters. The summed E-state index contributed by atoms with van der Waals surface area (Å²) in [6.45, 7) is 0.142. The summed E-state index contributed by atoms with van der Waals surface area (Å²) in [7, 11) is 0. The summed E-state index contributed by atoms with van der Waals surface area (Å²) in [5.74, 6) is -0.672. The molecule has 1 aromatic rings. The fourth-order valence-electron chi connectivity index (χ4n) is 1.35. The van der Waals surface area contributed by atoms with Crippen LogP contribution in [0.4, 0.5) is 18.0 Å². The first-order chi connectivity index (χ1) is 9.21. The van der Waals surface area contributed by atoms with Gasteiger partial charge >= 0.3 is 12.2 Å². The van der Waals surface area contributed by atoms with Gasteiger partial charge in [-0.05, 0) is 18.2 Å². The van der Waals surface area contributed by atoms with Crippen molar-refractivity contribution in [3.05, 3.63) is 33.8 Å². The summed E-state index contributed by atoms with van der Waals surface area (Å²) in [5.41, 5.74) is 3.76. The number of hydrogen-bond donors (Lipinski definition) is 3. The Bertz CT molecular complexity index is 520. The van der Waals surface area contributed by atoms with E-state index in [1.807, 2.05) is 0 Å². The summed E-state index contributed by atoms with van der Waals surface area (Å²) in [6, 6.07) is 2.42. The first-order valence-corrected chi connectivity index (χ1v) is 6.19. The molecule has 0 aliphatic carbocycles. The number of carbonyl (C=O) groups is 2. The Morgan fingerprint density at radius 2 is 1.80 bits per heavy atom. The van der Waals surface area contributed by atoms with Gasteiger partial charge in [-0.25, -0.2) is 4.79 Å². The predicted molar refractivity (Wildman–Crippen MR) is 69.1 cm³/mol. The number of primary amides is 1. The van der Waals surface area contributed by atoms with Gasteiger partial charge in [0.2, 0.25) is 0 Å². The molecule has 1 aromatic carbocycles. The Hall–Kier alpha value is -1.77. The van der Waals surface area contributed by atoms with Crippen LogP contribution in [0.15, 0.2) is 22.7 Å². The molecule has 0 aromatic heterocycles. The van der Waals surface area contributed by atoms with Crippen molar-refractivity contribution in [2.24, 2.45) is 5.73 Å². The molecule has 9 heteroatoms. The summed E-state index contributed by atoms with van der Waals surface area (Å²) < 4.78 is 37.9. The fraction of sp³-hybridized carbons (Fsp3) is 0.273. The molecule has 0 spiro atoms. The minimum Gasteiger partial charge on any atom is -0.352 e. The number of nitrogens with two attached hydrogens (primary N) is 1. The normalized spacial score (nSPS) is 11.0. The van der Waals surface area contributed by atoms with Crippen molar-refractivity contribution < 1.29 is 22.8 Å². The van der Waals surface area contributed by atoms with Gasteiger partial charge in [0.1, 0.15) is 0 Å². The highest BCUT2D eigenvalue weighted by molar-refractivity contribution is 9.10. The Labute approximate surface area is 120 Å². The van der Waals surface area contributed by atoms with Crippen molar-refractivity contribution in [2.45, 2.75) is 6.18 Å². The van der Waals surface area contributed by atoms with Crippen LogP contribution in [0, 0.1) is 0 Å². The zero-order valence-electron chi connectivity index (χ0n) is 10.1. The van der Waals surface area contributed by atoms with Gasteiger partial charge in [0.15, 0.2) is 0 Å². The zero-order chi connectivity index (χ0) is 15.3. The lowest BCUT2D eigenvalue weighted by molar-refractivity contribution is -0.138. The number of urea groups is 1. The first kappa shape index (κ1) is 16.3. The van der Waals surface area contributed by atoms with E-state index in [2.05, 4.69) is 26.6 Å². The minimum absolute atomic E-state index is 0.0548. The van der Waals surface area contributed by atoms with E-state index in [-0.39, 0.29) is 23.1 Å². The van der Waals surface area contributed by atoms with Gasteiger partial charge < -0.3 is 16.4 Å². The number of benzene rings is 1. The van der Waals surface area contributed by atoms with Crippen LogP contribution in [0.2, 0.25) is 0 Å². The lowest BCUT2D eigenvalue weighted by Gasteiger charge is -2.11. The van der Waals surface area contributed by atoms with Gasteiger partial charge in [-0.3, -0.25) is 4.79 Å². The molecular weight excluding hydrogens is 343 g/mol. The molecule has 20 heavy (non-hydrogen) atoms. The fourth-order valence-corrected chi connectivity index (χ4v) is 1.82. The number of nitrogens with one attached hydrogen (secondary N) is 2. The number of halogens is 4. The van der Waals surface area contributed by atoms with Crippen molar-refractivity contribution in [1.82, 2.24) is 10.6 Å². The lowest BCUT2D eigenvalue weighted by Crippen LogP contribution is -2.37. The molecule has 0 fully saturated rings. The quantitative estimate of drug-likeness (QED) is 0.722. The Balaban J connectivity index is 2.72. The average molecular weight is 354 g/mol. The molecule has 4 N–H and O–H groups in total. The van der Waals surface area contributed by atoms with E-state index in [4.69, 9.17) is 5.73 Å². The second kappa shape index (κ2) is 6.60.